The number of nitrogen functional groups attached to an aromatic ring is 1. The lowest BCUT2D eigenvalue weighted by molar-refractivity contribution is -0.127. The number of imidazole rings is 1. The van der Waals surface area contributed by atoms with Gasteiger partial charge in [-0.15, -0.1) is 0 Å². The molecule has 0 bridgehead atoms. The molecule has 34 heavy (non-hydrogen) atoms. The van der Waals surface area contributed by atoms with E-state index >= 15 is 0 Å². The first kappa shape index (κ1) is 22.5. The highest BCUT2D eigenvalue weighted by atomic mass is 35.5. The first-order valence-corrected chi connectivity index (χ1v) is 12.2. The van der Waals surface area contributed by atoms with Crippen molar-refractivity contribution in [2.24, 2.45) is 11.8 Å². The number of hydrogen-bond donors (Lipinski definition) is 4. The normalized spacial score (nSPS) is 19.2. The van der Waals surface area contributed by atoms with Crippen molar-refractivity contribution in [2.75, 3.05) is 5.73 Å². The van der Waals surface area contributed by atoms with Crippen LogP contribution in [0.2, 0.25) is 5.15 Å². The molecule has 0 aliphatic heterocycles. The van der Waals surface area contributed by atoms with Gasteiger partial charge in [0.15, 0.2) is 5.82 Å². The minimum atomic E-state index is -0.313. The average Bonchev–Trinajstić information content (AvgIpc) is 3.42. The predicted molar refractivity (Wildman–Crippen MR) is 135 cm³/mol. The van der Waals surface area contributed by atoms with Crippen molar-refractivity contribution >= 4 is 34.2 Å². The second-order valence-corrected chi connectivity index (χ2v) is 9.74. The van der Waals surface area contributed by atoms with E-state index in [0.717, 1.165) is 47.7 Å². The molecule has 0 spiro atoms. The van der Waals surface area contributed by atoms with Crippen LogP contribution >= 0.6 is 11.6 Å². The number of halogens is 1. The van der Waals surface area contributed by atoms with Crippen LogP contribution in [0.1, 0.15) is 50.0 Å². The monoisotopic (exact) mass is 476 g/mol. The Morgan fingerprint density at radius 2 is 1.94 bits per heavy atom. The zero-order chi connectivity index (χ0) is 23.7. The Morgan fingerprint density at radius 1 is 1.18 bits per heavy atom. The molecule has 176 valence electrons. The second-order valence-electron chi connectivity index (χ2n) is 9.36. The number of nitrogens with zero attached hydrogens (tertiary/aromatic N) is 2. The third-order valence-corrected chi connectivity index (χ3v) is 7.13. The van der Waals surface area contributed by atoms with Crippen molar-refractivity contribution in [1.82, 2.24) is 25.5 Å². The van der Waals surface area contributed by atoms with E-state index in [0.29, 0.717) is 34.8 Å². The van der Waals surface area contributed by atoms with E-state index in [9.17, 15) is 4.79 Å². The smallest absolute Gasteiger partial charge is 0.223 e. The van der Waals surface area contributed by atoms with E-state index in [1.54, 1.807) is 0 Å². The van der Waals surface area contributed by atoms with Crippen LogP contribution in [0.15, 0.2) is 48.5 Å². The first-order chi connectivity index (χ1) is 16.5. The molecule has 2 heterocycles. The van der Waals surface area contributed by atoms with Gasteiger partial charge in [-0.1, -0.05) is 54.9 Å². The lowest BCUT2D eigenvalue weighted by Crippen LogP contribution is -2.37. The number of nitrogens with one attached hydrogen (secondary N) is 3. The summed E-state index contributed by atoms with van der Waals surface area (Å²) >= 11 is 6.60. The van der Waals surface area contributed by atoms with Crippen LogP contribution < -0.4 is 11.1 Å². The molecule has 1 aliphatic carbocycles. The third kappa shape index (κ3) is 4.66. The first-order valence-electron chi connectivity index (χ1n) is 11.8. The molecule has 0 saturated heterocycles. The number of anilines is 1. The summed E-state index contributed by atoms with van der Waals surface area (Å²) in [6.07, 6.45) is 4.68. The number of fused-ring (bicyclic) bond motifs is 1. The largest absolute Gasteiger partial charge is 0.382 e. The number of H-pyrrole nitrogens is 2. The van der Waals surface area contributed by atoms with Crippen molar-refractivity contribution in [2.45, 2.75) is 45.1 Å². The molecule has 8 heteroatoms. The molecule has 1 amide bonds. The number of carbonyl (C=O) groups is 1. The molecule has 1 aliphatic rings. The summed E-state index contributed by atoms with van der Waals surface area (Å²) in [4.78, 5) is 21.2. The lowest BCUT2D eigenvalue weighted by Gasteiger charge is -2.27. The Bertz CT molecular complexity index is 1290. The summed E-state index contributed by atoms with van der Waals surface area (Å²) < 4.78 is 0. The number of rotatable bonds is 6. The molecule has 1 saturated carbocycles. The summed E-state index contributed by atoms with van der Waals surface area (Å²) in [5, 5.41) is 11.5. The molecule has 2 aromatic heterocycles. The minimum absolute atomic E-state index is 0.0487. The number of benzene rings is 2. The molecule has 7 nitrogen and oxygen atoms in total. The Hall–Kier alpha value is -3.32. The molecule has 2 aromatic carbocycles. The van der Waals surface area contributed by atoms with Gasteiger partial charge >= 0.3 is 0 Å². The molecule has 1 fully saturated rings. The van der Waals surface area contributed by atoms with E-state index in [1.807, 2.05) is 36.4 Å². The zero-order valence-electron chi connectivity index (χ0n) is 19.1. The molecular weight excluding hydrogens is 448 g/mol. The number of hydrogen-bond acceptors (Lipinski definition) is 4. The molecular formula is C26H29ClN6O. The van der Waals surface area contributed by atoms with Gasteiger partial charge in [0, 0.05) is 16.9 Å². The van der Waals surface area contributed by atoms with E-state index < -0.39 is 0 Å². The SMILES string of the molecule is CC1CCC(C(=O)N[C@@H](Cc2ccccc2)c2nc(-c3ccc4c(N)n[nH]c4c3)c(Cl)[nH]2)CC1. The van der Waals surface area contributed by atoms with Crippen molar-refractivity contribution in [3.63, 3.8) is 0 Å². The van der Waals surface area contributed by atoms with Gasteiger partial charge in [0.2, 0.25) is 5.91 Å². The molecule has 0 unspecified atom stereocenters. The standard InChI is InChI=1S/C26H29ClN6O/c1-15-7-9-17(10-8-15)26(34)29-21(13-16-5-3-2-4-6-16)25-30-22(23(27)31-25)18-11-12-19-20(14-18)32-33-24(19)28/h2-6,11-12,14-15,17,21H,7-10,13H2,1H3,(H,29,34)(H,30,31)(H3,28,32,33)/t15?,17?,21-/m0/s1. The molecule has 4 aromatic rings. The molecule has 0 radical (unpaired) electrons. The maximum absolute atomic E-state index is 13.2. The van der Waals surface area contributed by atoms with Gasteiger partial charge in [0.25, 0.3) is 0 Å². The number of carbonyl (C=O) groups excluding carboxylic acids is 1. The van der Waals surface area contributed by atoms with Crippen molar-refractivity contribution in [3.05, 3.63) is 65.1 Å². The topological polar surface area (TPSA) is 112 Å². The van der Waals surface area contributed by atoms with Crippen LogP contribution in [0.4, 0.5) is 5.82 Å². The van der Waals surface area contributed by atoms with E-state index in [2.05, 4.69) is 39.6 Å². The highest BCUT2D eigenvalue weighted by Gasteiger charge is 2.28. The Morgan fingerprint density at radius 3 is 2.71 bits per heavy atom. The number of nitrogens with two attached hydrogens (primary N) is 1. The van der Waals surface area contributed by atoms with Gasteiger partial charge < -0.3 is 16.0 Å². The van der Waals surface area contributed by atoms with Crippen molar-refractivity contribution in [3.8, 4) is 11.3 Å². The van der Waals surface area contributed by atoms with Gasteiger partial charge in [0.1, 0.15) is 16.7 Å². The number of aromatic nitrogens is 4. The Balaban J connectivity index is 1.43. The van der Waals surface area contributed by atoms with Crippen molar-refractivity contribution < 1.29 is 4.79 Å². The Kier molecular flexibility index (Phi) is 6.28. The van der Waals surface area contributed by atoms with Gasteiger partial charge in [-0.05, 0) is 55.7 Å². The lowest BCUT2D eigenvalue weighted by atomic mass is 9.82. The van der Waals surface area contributed by atoms with Gasteiger partial charge in [-0.2, -0.15) is 5.10 Å². The predicted octanol–water partition coefficient (Wildman–Crippen LogP) is 5.41. The van der Waals surface area contributed by atoms with Crippen LogP contribution in [-0.4, -0.2) is 26.1 Å². The quantitative estimate of drug-likeness (QED) is 0.298. The molecule has 1 atom stereocenters. The molecule has 5 N–H and O–H groups in total. The minimum Gasteiger partial charge on any atom is -0.382 e. The highest BCUT2D eigenvalue weighted by Crippen LogP contribution is 2.32. The summed E-state index contributed by atoms with van der Waals surface area (Å²) in [6, 6.07) is 15.6. The fourth-order valence-corrected chi connectivity index (χ4v) is 5.04. The van der Waals surface area contributed by atoms with E-state index in [4.69, 9.17) is 22.3 Å². The average molecular weight is 477 g/mol. The fourth-order valence-electron chi connectivity index (χ4n) is 4.79. The summed E-state index contributed by atoms with van der Waals surface area (Å²) in [6.45, 7) is 2.26. The Labute approximate surface area is 203 Å². The number of amides is 1. The third-order valence-electron chi connectivity index (χ3n) is 6.86. The summed E-state index contributed by atoms with van der Waals surface area (Å²) in [5.41, 5.74) is 9.30. The summed E-state index contributed by atoms with van der Waals surface area (Å²) in [5.74, 6) is 1.94. The van der Waals surface area contributed by atoms with Crippen LogP contribution in [-0.2, 0) is 11.2 Å². The van der Waals surface area contributed by atoms with E-state index in [1.165, 1.54) is 0 Å². The summed E-state index contributed by atoms with van der Waals surface area (Å²) in [7, 11) is 0. The second kappa shape index (κ2) is 9.50. The van der Waals surface area contributed by atoms with Gasteiger partial charge in [-0.25, -0.2) is 4.98 Å². The van der Waals surface area contributed by atoms with Crippen LogP contribution in [0.5, 0.6) is 0 Å². The van der Waals surface area contributed by atoms with Gasteiger partial charge in [-0.3, -0.25) is 9.89 Å². The molecule has 5 rings (SSSR count). The maximum atomic E-state index is 13.2. The zero-order valence-corrected chi connectivity index (χ0v) is 19.9. The maximum Gasteiger partial charge on any atom is 0.223 e. The van der Waals surface area contributed by atoms with E-state index in [-0.39, 0.29) is 17.9 Å². The highest BCUT2D eigenvalue weighted by molar-refractivity contribution is 6.32. The van der Waals surface area contributed by atoms with Crippen LogP contribution in [0.3, 0.4) is 0 Å². The van der Waals surface area contributed by atoms with Crippen LogP contribution in [0, 0.1) is 11.8 Å². The van der Waals surface area contributed by atoms with Gasteiger partial charge in [0.05, 0.1) is 11.6 Å². The van der Waals surface area contributed by atoms with Crippen molar-refractivity contribution in [1.29, 1.82) is 0 Å². The van der Waals surface area contributed by atoms with Crippen LogP contribution in [0.25, 0.3) is 22.2 Å². The fraction of sp³-hybridized carbons (Fsp3) is 0.346. The number of aromatic amines is 2.